The molecule has 2 aliphatic rings. The average Bonchev–Trinajstić information content (AvgIpc) is 3.03. The third-order valence-corrected chi connectivity index (χ3v) is 5.74. The number of rotatable bonds is 1. The normalized spacial score (nSPS) is 21.8. The van der Waals surface area contributed by atoms with Crippen molar-refractivity contribution in [2.24, 2.45) is 0 Å². The molecule has 0 radical (unpaired) electrons. The van der Waals surface area contributed by atoms with E-state index >= 15 is 0 Å². The molecule has 6 nitrogen and oxygen atoms in total. The number of aromatic nitrogens is 2. The summed E-state index contributed by atoms with van der Waals surface area (Å²) in [4.78, 5) is 27.4. The fourth-order valence-corrected chi connectivity index (χ4v) is 4.95. The van der Waals surface area contributed by atoms with Crippen LogP contribution in [0.5, 0.6) is 0 Å². The van der Waals surface area contributed by atoms with E-state index in [1.54, 1.807) is 35.0 Å². The van der Waals surface area contributed by atoms with Crippen LogP contribution in [0, 0.1) is 0 Å². The van der Waals surface area contributed by atoms with Crippen LogP contribution in [0.4, 0.5) is 11.5 Å². The van der Waals surface area contributed by atoms with Crippen LogP contribution in [0.3, 0.4) is 0 Å². The van der Waals surface area contributed by atoms with Gasteiger partial charge in [-0.2, -0.15) is 5.10 Å². The standard InChI is InChI=1S/C17H16BrClN4O2/c1-8(2)23-15-11(7-20-23)17(6-13(24)21-15)10-4-9(19)5-12(18)14(10)22(3)16(17)25/h4-5,7-8H,6H2,1-3H3,(H,21,24)/t17-/m1/s1. The minimum atomic E-state index is -1.09. The first-order valence-corrected chi connectivity index (χ1v) is 9.10. The van der Waals surface area contributed by atoms with Crippen molar-refractivity contribution in [2.45, 2.75) is 31.7 Å². The summed E-state index contributed by atoms with van der Waals surface area (Å²) >= 11 is 9.76. The first-order valence-electron chi connectivity index (χ1n) is 7.93. The number of halogens is 2. The van der Waals surface area contributed by atoms with Gasteiger partial charge in [-0.05, 0) is 47.5 Å². The minimum Gasteiger partial charge on any atom is -0.313 e. The predicted molar refractivity (Wildman–Crippen MR) is 99.2 cm³/mol. The van der Waals surface area contributed by atoms with Gasteiger partial charge in [0.2, 0.25) is 11.8 Å². The number of hydrogen-bond acceptors (Lipinski definition) is 3. The molecule has 3 heterocycles. The van der Waals surface area contributed by atoms with E-state index in [1.807, 2.05) is 13.8 Å². The number of anilines is 2. The molecule has 0 aliphatic carbocycles. The Balaban J connectivity index is 2.07. The van der Waals surface area contributed by atoms with Crippen molar-refractivity contribution in [3.63, 3.8) is 0 Å². The number of fused-ring (bicyclic) bond motifs is 4. The van der Waals surface area contributed by atoms with E-state index in [4.69, 9.17) is 11.6 Å². The SMILES string of the molecule is CC(C)n1ncc2c1NC(=O)C[C@]21C(=O)N(C)c2c(Br)cc(Cl)cc21. The summed E-state index contributed by atoms with van der Waals surface area (Å²) in [5, 5.41) is 7.81. The average molecular weight is 424 g/mol. The van der Waals surface area contributed by atoms with Crippen molar-refractivity contribution in [2.75, 3.05) is 17.3 Å². The maximum atomic E-state index is 13.3. The fraction of sp³-hybridized carbons (Fsp3) is 0.353. The Kier molecular flexibility index (Phi) is 3.53. The van der Waals surface area contributed by atoms with Crippen molar-refractivity contribution in [3.8, 4) is 0 Å². The topological polar surface area (TPSA) is 67.2 Å². The van der Waals surface area contributed by atoms with Crippen molar-refractivity contribution < 1.29 is 9.59 Å². The smallest absolute Gasteiger partial charge is 0.242 e. The zero-order valence-electron chi connectivity index (χ0n) is 13.9. The lowest BCUT2D eigenvalue weighted by atomic mass is 9.72. The van der Waals surface area contributed by atoms with Crippen LogP contribution in [0.25, 0.3) is 0 Å². The molecule has 4 rings (SSSR count). The molecular weight excluding hydrogens is 408 g/mol. The number of likely N-dealkylation sites (N-methyl/N-ethyl adjacent to an activating group) is 1. The van der Waals surface area contributed by atoms with Crippen molar-refractivity contribution in [3.05, 3.63) is 39.0 Å². The van der Waals surface area contributed by atoms with Gasteiger partial charge in [-0.15, -0.1) is 0 Å². The Morgan fingerprint density at radius 1 is 1.32 bits per heavy atom. The molecule has 1 spiro atoms. The van der Waals surface area contributed by atoms with Gasteiger partial charge in [0.15, 0.2) is 0 Å². The van der Waals surface area contributed by atoms with Gasteiger partial charge in [-0.1, -0.05) is 11.6 Å². The monoisotopic (exact) mass is 422 g/mol. The van der Waals surface area contributed by atoms with E-state index in [0.717, 1.165) is 15.7 Å². The van der Waals surface area contributed by atoms with E-state index in [-0.39, 0.29) is 24.3 Å². The van der Waals surface area contributed by atoms with Gasteiger partial charge < -0.3 is 10.2 Å². The van der Waals surface area contributed by atoms with E-state index in [2.05, 4.69) is 26.3 Å². The fourth-order valence-electron chi connectivity index (χ4n) is 3.87. The molecule has 1 atom stereocenters. The van der Waals surface area contributed by atoms with Crippen LogP contribution in [0.1, 0.15) is 37.4 Å². The molecule has 25 heavy (non-hydrogen) atoms. The highest BCUT2D eigenvalue weighted by atomic mass is 79.9. The molecule has 2 amide bonds. The first kappa shape index (κ1) is 16.6. The lowest BCUT2D eigenvalue weighted by Gasteiger charge is -2.32. The molecule has 0 bridgehead atoms. The van der Waals surface area contributed by atoms with E-state index < -0.39 is 5.41 Å². The number of nitrogens with zero attached hydrogens (tertiary/aromatic N) is 3. The van der Waals surface area contributed by atoms with Gasteiger partial charge in [0.05, 0.1) is 11.9 Å². The zero-order chi connectivity index (χ0) is 18.1. The number of nitrogens with one attached hydrogen (secondary N) is 1. The molecule has 1 aromatic heterocycles. The molecule has 0 saturated carbocycles. The van der Waals surface area contributed by atoms with E-state index in [1.165, 1.54) is 0 Å². The molecule has 1 aromatic carbocycles. The lowest BCUT2D eigenvalue weighted by molar-refractivity contribution is -0.126. The summed E-state index contributed by atoms with van der Waals surface area (Å²) in [7, 11) is 1.72. The summed E-state index contributed by atoms with van der Waals surface area (Å²) in [6.07, 6.45) is 1.72. The summed E-state index contributed by atoms with van der Waals surface area (Å²) in [5.74, 6) is 0.224. The predicted octanol–water partition coefficient (Wildman–Crippen LogP) is 3.48. The second kappa shape index (κ2) is 5.32. The summed E-state index contributed by atoms with van der Waals surface area (Å²) in [5.41, 5.74) is 1.10. The number of carbonyl (C=O) groups excluding carboxylic acids is 2. The van der Waals surface area contributed by atoms with Gasteiger partial charge in [0.1, 0.15) is 11.2 Å². The largest absolute Gasteiger partial charge is 0.313 e. The minimum absolute atomic E-state index is 0.0345. The second-order valence-corrected chi connectivity index (χ2v) is 8.01. The number of hydrogen-bond donors (Lipinski definition) is 1. The quantitative estimate of drug-likeness (QED) is 0.763. The highest BCUT2D eigenvalue weighted by Gasteiger charge is 2.57. The van der Waals surface area contributed by atoms with Crippen LogP contribution < -0.4 is 10.2 Å². The van der Waals surface area contributed by atoms with Crippen molar-refractivity contribution in [1.29, 1.82) is 0 Å². The summed E-state index contributed by atoms with van der Waals surface area (Å²) in [6, 6.07) is 3.59. The van der Waals surface area contributed by atoms with E-state index in [9.17, 15) is 9.59 Å². The zero-order valence-corrected chi connectivity index (χ0v) is 16.3. The number of benzene rings is 1. The number of carbonyl (C=O) groups is 2. The number of amides is 2. The first-order chi connectivity index (χ1) is 11.8. The summed E-state index contributed by atoms with van der Waals surface area (Å²) < 4.78 is 2.46. The van der Waals surface area contributed by atoms with Gasteiger partial charge in [0, 0.05) is 34.6 Å². The molecule has 0 saturated heterocycles. The Bertz CT molecular complexity index is 939. The Morgan fingerprint density at radius 2 is 2.04 bits per heavy atom. The van der Waals surface area contributed by atoms with Crippen LogP contribution >= 0.6 is 27.5 Å². The maximum absolute atomic E-state index is 13.3. The maximum Gasteiger partial charge on any atom is 0.242 e. The summed E-state index contributed by atoms with van der Waals surface area (Å²) in [6.45, 7) is 3.95. The third-order valence-electron chi connectivity index (χ3n) is 4.92. The van der Waals surface area contributed by atoms with Crippen LogP contribution in [0.15, 0.2) is 22.8 Å². The molecule has 1 N–H and O–H groups in total. The Labute approximate surface area is 158 Å². The van der Waals surface area contributed by atoms with Crippen molar-refractivity contribution >= 4 is 50.9 Å². The Morgan fingerprint density at radius 3 is 2.72 bits per heavy atom. The second-order valence-electron chi connectivity index (χ2n) is 6.72. The van der Waals surface area contributed by atoms with Gasteiger partial charge in [-0.3, -0.25) is 9.59 Å². The Hall–Kier alpha value is -1.86. The van der Waals surface area contributed by atoms with Gasteiger partial charge in [-0.25, -0.2) is 4.68 Å². The molecule has 0 unspecified atom stereocenters. The van der Waals surface area contributed by atoms with Gasteiger partial charge in [0.25, 0.3) is 0 Å². The van der Waals surface area contributed by atoms with Crippen LogP contribution in [0.2, 0.25) is 5.02 Å². The van der Waals surface area contributed by atoms with Crippen LogP contribution in [-0.2, 0) is 15.0 Å². The van der Waals surface area contributed by atoms with Crippen molar-refractivity contribution in [1.82, 2.24) is 9.78 Å². The van der Waals surface area contributed by atoms with Crippen LogP contribution in [-0.4, -0.2) is 28.6 Å². The third kappa shape index (κ3) is 2.05. The molecule has 0 fully saturated rings. The highest BCUT2D eigenvalue weighted by molar-refractivity contribution is 9.10. The van der Waals surface area contributed by atoms with Gasteiger partial charge >= 0.3 is 0 Å². The molecule has 8 heteroatoms. The molecular formula is C17H16BrClN4O2. The molecule has 2 aliphatic heterocycles. The highest BCUT2D eigenvalue weighted by Crippen LogP contribution is 2.54. The van der Waals surface area contributed by atoms with E-state index in [0.29, 0.717) is 16.4 Å². The molecule has 2 aromatic rings. The lowest BCUT2D eigenvalue weighted by Crippen LogP contribution is -2.45. The molecule has 130 valence electrons.